The lowest BCUT2D eigenvalue weighted by Crippen LogP contribution is -1.86. The van der Waals surface area contributed by atoms with Crippen molar-refractivity contribution >= 4 is 16.3 Å². The average molecular weight is 220 g/mol. The highest BCUT2D eigenvalue weighted by Crippen LogP contribution is 2.42. The number of allylic oxidation sites excluding steroid dienone is 3. The van der Waals surface area contributed by atoms with E-state index < -0.39 is 0 Å². The van der Waals surface area contributed by atoms with Gasteiger partial charge in [0.2, 0.25) is 0 Å². The molecule has 0 aliphatic heterocycles. The Morgan fingerprint density at radius 2 is 1.82 bits per heavy atom. The SMILES string of the molecule is C=C/C=C(/c1ccc2ccccc2c1)C1CC1. The van der Waals surface area contributed by atoms with E-state index >= 15 is 0 Å². The Morgan fingerprint density at radius 1 is 1.06 bits per heavy atom. The van der Waals surface area contributed by atoms with E-state index in [1.807, 2.05) is 6.08 Å². The van der Waals surface area contributed by atoms with Crippen LogP contribution in [0.3, 0.4) is 0 Å². The summed E-state index contributed by atoms with van der Waals surface area (Å²) in [6, 6.07) is 15.3. The van der Waals surface area contributed by atoms with E-state index in [0.717, 1.165) is 5.92 Å². The van der Waals surface area contributed by atoms with Crippen molar-refractivity contribution in [2.45, 2.75) is 12.8 Å². The van der Waals surface area contributed by atoms with Gasteiger partial charge in [0, 0.05) is 0 Å². The fourth-order valence-electron chi connectivity index (χ4n) is 2.36. The predicted octanol–water partition coefficient (Wildman–Crippen LogP) is 4.82. The molecule has 2 aromatic rings. The van der Waals surface area contributed by atoms with Crippen molar-refractivity contribution < 1.29 is 0 Å². The van der Waals surface area contributed by atoms with E-state index in [4.69, 9.17) is 0 Å². The summed E-state index contributed by atoms with van der Waals surface area (Å²) in [6.45, 7) is 3.82. The molecule has 0 N–H and O–H groups in total. The third kappa shape index (κ3) is 2.03. The maximum atomic E-state index is 3.82. The molecule has 0 atom stereocenters. The first-order valence-corrected chi connectivity index (χ1v) is 6.20. The van der Waals surface area contributed by atoms with Gasteiger partial charge in [0.15, 0.2) is 0 Å². The second-order valence-electron chi connectivity index (χ2n) is 4.69. The molecule has 84 valence electrons. The van der Waals surface area contributed by atoms with Crippen molar-refractivity contribution in [3.63, 3.8) is 0 Å². The molecule has 17 heavy (non-hydrogen) atoms. The van der Waals surface area contributed by atoms with Gasteiger partial charge < -0.3 is 0 Å². The van der Waals surface area contributed by atoms with Crippen LogP contribution in [-0.4, -0.2) is 0 Å². The first-order chi connectivity index (χ1) is 8.38. The highest BCUT2D eigenvalue weighted by atomic mass is 14.3. The molecular formula is C17H16. The fourth-order valence-corrected chi connectivity index (χ4v) is 2.36. The summed E-state index contributed by atoms with van der Waals surface area (Å²) in [7, 11) is 0. The van der Waals surface area contributed by atoms with E-state index in [9.17, 15) is 0 Å². The minimum absolute atomic E-state index is 0.758. The zero-order valence-electron chi connectivity index (χ0n) is 9.89. The summed E-state index contributed by atoms with van der Waals surface area (Å²) in [5.74, 6) is 0.758. The topological polar surface area (TPSA) is 0 Å². The van der Waals surface area contributed by atoms with Crippen LogP contribution >= 0.6 is 0 Å². The molecule has 0 spiro atoms. The standard InChI is InChI=1S/C17H16/c1-2-5-17(14-9-10-14)16-11-8-13-6-3-4-7-15(13)12-16/h2-8,11-12,14H,1,9-10H2/b17-5+. The van der Waals surface area contributed by atoms with Gasteiger partial charge in [-0.05, 0) is 46.7 Å². The molecule has 0 saturated heterocycles. The van der Waals surface area contributed by atoms with Gasteiger partial charge in [0.05, 0.1) is 0 Å². The summed E-state index contributed by atoms with van der Waals surface area (Å²) in [5, 5.41) is 2.63. The molecule has 1 saturated carbocycles. The van der Waals surface area contributed by atoms with Crippen molar-refractivity contribution in [1.29, 1.82) is 0 Å². The quantitative estimate of drug-likeness (QED) is 0.650. The molecular weight excluding hydrogens is 204 g/mol. The molecule has 0 radical (unpaired) electrons. The van der Waals surface area contributed by atoms with Gasteiger partial charge >= 0.3 is 0 Å². The number of benzene rings is 2. The van der Waals surface area contributed by atoms with Crippen LogP contribution in [0.4, 0.5) is 0 Å². The highest BCUT2D eigenvalue weighted by molar-refractivity contribution is 5.87. The minimum atomic E-state index is 0.758. The normalized spacial score (nSPS) is 16.1. The van der Waals surface area contributed by atoms with Crippen LogP contribution in [0.25, 0.3) is 16.3 Å². The van der Waals surface area contributed by atoms with Crippen LogP contribution in [0.2, 0.25) is 0 Å². The van der Waals surface area contributed by atoms with Gasteiger partial charge in [-0.3, -0.25) is 0 Å². The van der Waals surface area contributed by atoms with Crippen molar-refractivity contribution in [2.24, 2.45) is 5.92 Å². The van der Waals surface area contributed by atoms with Crippen molar-refractivity contribution in [3.05, 3.63) is 66.8 Å². The molecule has 0 aromatic heterocycles. The summed E-state index contributed by atoms with van der Waals surface area (Å²) in [5.41, 5.74) is 2.80. The van der Waals surface area contributed by atoms with Gasteiger partial charge in [-0.25, -0.2) is 0 Å². The number of hydrogen-bond donors (Lipinski definition) is 0. The lowest BCUT2D eigenvalue weighted by atomic mass is 9.98. The van der Waals surface area contributed by atoms with E-state index in [1.54, 1.807) is 0 Å². The van der Waals surface area contributed by atoms with E-state index in [2.05, 4.69) is 55.1 Å². The third-order valence-corrected chi connectivity index (χ3v) is 3.40. The Kier molecular flexibility index (Phi) is 2.56. The Labute approximate surface area is 102 Å². The van der Waals surface area contributed by atoms with Crippen LogP contribution in [-0.2, 0) is 0 Å². The molecule has 1 aliphatic rings. The first kappa shape index (κ1) is 10.3. The maximum Gasteiger partial charge on any atom is -0.0156 e. The molecule has 0 heteroatoms. The predicted molar refractivity (Wildman–Crippen MR) is 74.8 cm³/mol. The van der Waals surface area contributed by atoms with Crippen molar-refractivity contribution in [2.75, 3.05) is 0 Å². The Bertz CT molecular complexity index is 586. The molecule has 0 amide bonds. The molecule has 3 rings (SSSR count). The molecule has 0 bridgehead atoms. The molecule has 1 fully saturated rings. The van der Waals surface area contributed by atoms with Crippen LogP contribution in [0.1, 0.15) is 18.4 Å². The van der Waals surface area contributed by atoms with Crippen LogP contribution in [0.5, 0.6) is 0 Å². The number of fused-ring (bicyclic) bond motifs is 1. The fraction of sp³-hybridized carbons (Fsp3) is 0.176. The van der Waals surface area contributed by atoms with E-state index in [1.165, 1.54) is 34.8 Å². The zero-order valence-corrected chi connectivity index (χ0v) is 9.89. The maximum absolute atomic E-state index is 3.82. The summed E-state index contributed by atoms with van der Waals surface area (Å²) >= 11 is 0. The summed E-state index contributed by atoms with van der Waals surface area (Å²) < 4.78 is 0. The van der Waals surface area contributed by atoms with E-state index in [-0.39, 0.29) is 0 Å². The number of rotatable bonds is 3. The van der Waals surface area contributed by atoms with Crippen LogP contribution in [0.15, 0.2) is 61.2 Å². The van der Waals surface area contributed by atoms with Gasteiger partial charge in [0.1, 0.15) is 0 Å². The molecule has 0 heterocycles. The molecule has 0 nitrogen and oxygen atoms in total. The number of hydrogen-bond acceptors (Lipinski definition) is 0. The largest absolute Gasteiger partial charge is 0.0991 e. The molecule has 2 aromatic carbocycles. The second kappa shape index (κ2) is 4.21. The Morgan fingerprint density at radius 3 is 2.53 bits per heavy atom. The van der Waals surface area contributed by atoms with Crippen LogP contribution in [0, 0.1) is 5.92 Å². The van der Waals surface area contributed by atoms with Crippen molar-refractivity contribution in [3.8, 4) is 0 Å². The van der Waals surface area contributed by atoms with Gasteiger partial charge in [-0.15, -0.1) is 0 Å². The monoisotopic (exact) mass is 220 g/mol. The Hall–Kier alpha value is -1.82. The third-order valence-electron chi connectivity index (χ3n) is 3.40. The van der Waals surface area contributed by atoms with Gasteiger partial charge in [-0.1, -0.05) is 55.1 Å². The average Bonchev–Trinajstić information content (AvgIpc) is 3.20. The van der Waals surface area contributed by atoms with Crippen molar-refractivity contribution in [1.82, 2.24) is 0 Å². The highest BCUT2D eigenvalue weighted by Gasteiger charge is 2.26. The lowest BCUT2D eigenvalue weighted by molar-refractivity contribution is 1.15. The summed E-state index contributed by atoms with van der Waals surface area (Å²) in [6.07, 6.45) is 6.73. The first-order valence-electron chi connectivity index (χ1n) is 6.20. The lowest BCUT2D eigenvalue weighted by Gasteiger charge is -2.07. The molecule has 0 unspecified atom stereocenters. The smallest absolute Gasteiger partial charge is 0.0156 e. The van der Waals surface area contributed by atoms with Crippen LogP contribution < -0.4 is 0 Å². The molecule has 1 aliphatic carbocycles. The minimum Gasteiger partial charge on any atom is -0.0991 e. The Balaban J connectivity index is 2.10. The zero-order chi connectivity index (χ0) is 11.7. The van der Waals surface area contributed by atoms with Gasteiger partial charge in [0.25, 0.3) is 0 Å². The van der Waals surface area contributed by atoms with E-state index in [0.29, 0.717) is 0 Å². The summed E-state index contributed by atoms with van der Waals surface area (Å²) in [4.78, 5) is 0. The van der Waals surface area contributed by atoms with Gasteiger partial charge in [-0.2, -0.15) is 0 Å². The second-order valence-corrected chi connectivity index (χ2v) is 4.69.